The number of nitrogens with one attached hydrogen (secondary N) is 2. The van der Waals surface area contributed by atoms with Gasteiger partial charge in [-0.15, -0.1) is 10.2 Å². The highest BCUT2D eigenvalue weighted by Gasteiger charge is 2.20. The van der Waals surface area contributed by atoms with Crippen molar-refractivity contribution < 1.29 is 9.53 Å². The fraction of sp³-hybridized carbons (Fsp3) is 0.438. The molecule has 1 aliphatic carbocycles. The maximum Gasteiger partial charge on any atom is 0.325 e. The number of urea groups is 1. The maximum absolute atomic E-state index is 12.1. The van der Waals surface area contributed by atoms with Crippen LogP contribution in [0.1, 0.15) is 43.0 Å². The van der Waals surface area contributed by atoms with Crippen molar-refractivity contribution in [3.63, 3.8) is 0 Å². The number of anilines is 2. The Bertz CT molecular complexity index is 716. The molecule has 1 saturated carbocycles. The van der Waals surface area contributed by atoms with Crippen molar-refractivity contribution in [2.75, 3.05) is 17.7 Å². The molecule has 6 nitrogen and oxygen atoms in total. The molecule has 1 aromatic carbocycles. The molecule has 1 fully saturated rings. The normalized spacial score (nSPS) is 15.1. The Kier molecular flexibility index (Phi) is 5.52. The zero-order valence-corrected chi connectivity index (χ0v) is 14.9. The number of hydrogen-bond acceptors (Lipinski definition) is 5. The first-order valence-corrected chi connectivity index (χ1v) is 9.10. The fourth-order valence-electron chi connectivity index (χ4n) is 2.80. The summed E-state index contributed by atoms with van der Waals surface area (Å²) in [6.07, 6.45) is 6.10. The lowest BCUT2D eigenvalue weighted by molar-refractivity contribution is 0.262. The highest BCUT2D eigenvalue weighted by atomic mass is 35.5. The van der Waals surface area contributed by atoms with Gasteiger partial charge in [0, 0.05) is 11.6 Å². The van der Waals surface area contributed by atoms with Crippen LogP contribution in [0.5, 0.6) is 5.75 Å². The molecular formula is C16H19ClN4O2S. The van der Waals surface area contributed by atoms with E-state index >= 15 is 0 Å². The molecule has 0 saturated heterocycles. The quantitative estimate of drug-likeness (QED) is 0.807. The lowest BCUT2D eigenvalue weighted by atomic mass is 9.90. The molecule has 2 amide bonds. The average molecular weight is 367 g/mol. The van der Waals surface area contributed by atoms with Gasteiger partial charge >= 0.3 is 6.03 Å². The molecule has 0 atom stereocenters. The Labute approximate surface area is 149 Å². The lowest BCUT2D eigenvalue weighted by Gasteiger charge is -2.18. The maximum atomic E-state index is 12.1. The summed E-state index contributed by atoms with van der Waals surface area (Å²) in [7, 11) is 1.54. The first-order valence-electron chi connectivity index (χ1n) is 7.90. The van der Waals surface area contributed by atoms with E-state index in [9.17, 15) is 4.79 Å². The third-order valence-electron chi connectivity index (χ3n) is 4.03. The summed E-state index contributed by atoms with van der Waals surface area (Å²) in [6.45, 7) is 0. The van der Waals surface area contributed by atoms with Crippen LogP contribution >= 0.6 is 22.9 Å². The Morgan fingerprint density at radius 1 is 1.25 bits per heavy atom. The van der Waals surface area contributed by atoms with Gasteiger partial charge in [0.15, 0.2) is 0 Å². The van der Waals surface area contributed by atoms with Gasteiger partial charge < -0.3 is 10.1 Å². The summed E-state index contributed by atoms with van der Waals surface area (Å²) in [5, 5.41) is 15.7. The van der Waals surface area contributed by atoms with Gasteiger partial charge in [-0.3, -0.25) is 5.32 Å². The molecule has 2 aromatic rings. The molecule has 24 heavy (non-hydrogen) atoms. The van der Waals surface area contributed by atoms with E-state index in [4.69, 9.17) is 16.3 Å². The molecule has 0 bridgehead atoms. The van der Waals surface area contributed by atoms with Gasteiger partial charge in [0.25, 0.3) is 0 Å². The van der Waals surface area contributed by atoms with Crippen LogP contribution in [0, 0.1) is 0 Å². The summed E-state index contributed by atoms with van der Waals surface area (Å²) in [5.41, 5.74) is 0.579. The monoisotopic (exact) mass is 366 g/mol. The predicted octanol–water partition coefficient (Wildman–Crippen LogP) is 4.89. The minimum atomic E-state index is -0.373. The molecule has 1 aromatic heterocycles. The standard InChI is InChI=1S/C16H19ClN4O2S/c1-23-13-8-7-11(9-12(13)17)18-15(22)19-16-21-20-14(24-16)10-5-3-2-4-6-10/h7-10H,2-6H2,1H3,(H2,18,19,21,22). The highest BCUT2D eigenvalue weighted by molar-refractivity contribution is 7.15. The van der Waals surface area contributed by atoms with E-state index in [0.29, 0.717) is 27.5 Å². The number of amides is 2. The van der Waals surface area contributed by atoms with E-state index in [1.807, 2.05) is 0 Å². The minimum Gasteiger partial charge on any atom is -0.495 e. The highest BCUT2D eigenvalue weighted by Crippen LogP contribution is 2.35. The van der Waals surface area contributed by atoms with Gasteiger partial charge in [0.05, 0.1) is 12.1 Å². The van der Waals surface area contributed by atoms with Gasteiger partial charge in [-0.25, -0.2) is 4.79 Å². The van der Waals surface area contributed by atoms with E-state index in [0.717, 1.165) is 17.8 Å². The lowest BCUT2D eigenvalue weighted by Crippen LogP contribution is -2.19. The number of nitrogens with zero attached hydrogens (tertiary/aromatic N) is 2. The zero-order valence-electron chi connectivity index (χ0n) is 13.3. The van der Waals surface area contributed by atoms with E-state index in [1.165, 1.54) is 30.6 Å². The number of aromatic nitrogens is 2. The van der Waals surface area contributed by atoms with Crippen molar-refractivity contribution >= 4 is 39.8 Å². The number of carbonyl (C=O) groups is 1. The van der Waals surface area contributed by atoms with Crippen LogP contribution in [-0.4, -0.2) is 23.3 Å². The van der Waals surface area contributed by atoms with Crippen LogP contribution in [0.4, 0.5) is 15.6 Å². The van der Waals surface area contributed by atoms with Crippen LogP contribution in [0.15, 0.2) is 18.2 Å². The number of halogens is 1. The Morgan fingerprint density at radius 2 is 2.04 bits per heavy atom. The van der Waals surface area contributed by atoms with Crippen LogP contribution < -0.4 is 15.4 Å². The third kappa shape index (κ3) is 4.15. The molecule has 128 valence electrons. The van der Waals surface area contributed by atoms with E-state index < -0.39 is 0 Å². The first-order chi connectivity index (χ1) is 11.7. The minimum absolute atomic E-state index is 0.373. The van der Waals surface area contributed by atoms with Crippen molar-refractivity contribution in [3.05, 3.63) is 28.2 Å². The SMILES string of the molecule is COc1ccc(NC(=O)Nc2nnc(C3CCCCC3)s2)cc1Cl. The van der Waals surface area contributed by atoms with Gasteiger partial charge in [-0.2, -0.15) is 0 Å². The summed E-state index contributed by atoms with van der Waals surface area (Å²) in [4.78, 5) is 12.1. The van der Waals surface area contributed by atoms with Crippen LogP contribution in [0.3, 0.4) is 0 Å². The number of carbonyl (C=O) groups excluding carboxylic acids is 1. The molecule has 0 unspecified atom stereocenters. The number of rotatable bonds is 4. The molecular weight excluding hydrogens is 348 g/mol. The summed E-state index contributed by atoms with van der Waals surface area (Å²) >= 11 is 7.49. The summed E-state index contributed by atoms with van der Waals surface area (Å²) < 4.78 is 5.08. The Balaban J connectivity index is 1.58. The van der Waals surface area contributed by atoms with Crippen molar-refractivity contribution in [1.29, 1.82) is 0 Å². The molecule has 0 spiro atoms. The number of ether oxygens (including phenoxy) is 1. The van der Waals surface area contributed by atoms with Gasteiger partial charge in [-0.1, -0.05) is 42.2 Å². The number of methoxy groups -OCH3 is 1. The molecule has 2 N–H and O–H groups in total. The second-order valence-electron chi connectivity index (χ2n) is 5.71. The predicted molar refractivity (Wildman–Crippen MR) is 96.4 cm³/mol. The van der Waals surface area contributed by atoms with Gasteiger partial charge in [0.1, 0.15) is 10.8 Å². The topological polar surface area (TPSA) is 76.1 Å². The van der Waals surface area contributed by atoms with E-state index in [1.54, 1.807) is 25.3 Å². The Morgan fingerprint density at radius 3 is 2.75 bits per heavy atom. The molecule has 0 radical (unpaired) electrons. The van der Waals surface area contributed by atoms with E-state index in [-0.39, 0.29) is 6.03 Å². The van der Waals surface area contributed by atoms with Crippen molar-refractivity contribution in [2.24, 2.45) is 0 Å². The third-order valence-corrected chi connectivity index (χ3v) is 5.32. The van der Waals surface area contributed by atoms with Crippen molar-refractivity contribution in [3.8, 4) is 5.75 Å². The number of benzene rings is 1. The molecule has 1 aliphatic rings. The largest absolute Gasteiger partial charge is 0.495 e. The summed E-state index contributed by atoms with van der Waals surface area (Å²) in [6, 6.07) is 4.68. The zero-order chi connectivity index (χ0) is 16.9. The first kappa shape index (κ1) is 17.0. The van der Waals surface area contributed by atoms with Crippen LogP contribution in [0.2, 0.25) is 5.02 Å². The second kappa shape index (κ2) is 7.81. The molecule has 1 heterocycles. The van der Waals surface area contributed by atoms with Crippen LogP contribution in [-0.2, 0) is 0 Å². The fourth-order valence-corrected chi connectivity index (χ4v) is 3.97. The molecule has 0 aliphatic heterocycles. The molecule has 3 rings (SSSR count). The van der Waals surface area contributed by atoms with E-state index in [2.05, 4.69) is 20.8 Å². The van der Waals surface area contributed by atoms with Gasteiger partial charge in [0.2, 0.25) is 5.13 Å². The smallest absolute Gasteiger partial charge is 0.325 e. The van der Waals surface area contributed by atoms with Crippen molar-refractivity contribution in [1.82, 2.24) is 10.2 Å². The van der Waals surface area contributed by atoms with Crippen molar-refractivity contribution in [2.45, 2.75) is 38.0 Å². The molecule has 8 heteroatoms. The summed E-state index contributed by atoms with van der Waals surface area (Å²) in [5.74, 6) is 1.04. The van der Waals surface area contributed by atoms with Gasteiger partial charge in [-0.05, 0) is 31.0 Å². The number of hydrogen-bond donors (Lipinski definition) is 2. The average Bonchev–Trinajstić information content (AvgIpc) is 3.04. The second-order valence-corrected chi connectivity index (χ2v) is 7.13. The Hall–Kier alpha value is -1.86. The van der Waals surface area contributed by atoms with Crippen LogP contribution in [0.25, 0.3) is 0 Å².